The van der Waals surface area contributed by atoms with Gasteiger partial charge in [-0.15, -0.1) is 0 Å². The molecule has 1 aliphatic rings. The van der Waals surface area contributed by atoms with Crippen LogP contribution in [0.1, 0.15) is 139 Å². The zero-order chi connectivity index (χ0) is 30.2. The van der Waals surface area contributed by atoms with Crippen molar-refractivity contribution in [1.29, 1.82) is 0 Å². The van der Waals surface area contributed by atoms with Crippen LogP contribution in [0.2, 0.25) is 0 Å². The van der Waals surface area contributed by atoms with Gasteiger partial charge >= 0.3 is 17.9 Å². The van der Waals surface area contributed by atoms with E-state index in [-0.39, 0.29) is 11.9 Å². The van der Waals surface area contributed by atoms with Crippen LogP contribution in [0.4, 0.5) is 0 Å². The molecule has 0 bridgehead atoms. The first-order valence-corrected chi connectivity index (χ1v) is 16.7. The molecular weight excluding hydrogens is 532 g/mol. The SMILES string of the molecule is CCCCCCSCCC(=O)OC(C)(C)CC(C)C(CC)(CCCC)C(=O)OOC(=O)C1(CC)OOC1CCC. The first kappa shape index (κ1) is 36.7. The van der Waals surface area contributed by atoms with Crippen LogP contribution >= 0.6 is 11.8 Å². The highest BCUT2D eigenvalue weighted by molar-refractivity contribution is 7.99. The molecule has 0 aromatic carbocycles. The van der Waals surface area contributed by atoms with Gasteiger partial charge in [0.2, 0.25) is 5.60 Å². The predicted octanol–water partition coefficient (Wildman–Crippen LogP) is 7.91. The van der Waals surface area contributed by atoms with Gasteiger partial charge in [-0.05, 0) is 64.0 Å². The standard InChI is InChI=1S/C31H56O8S/c1-9-14-16-17-21-40-22-19-26(32)35-29(7,8)23-24(6)30(12-4,20-15-10-2)27(33)37-38-28(34)31(13-5)25(18-11-3)36-39-31/h24-25H,9-23H2,1-8H3. The Morgan fingerprint density at radius 2 is 1.62 bits per heavy atom. The summed E-state index contributed by atoms with van der Waals surface area (Å²) < 4.78 is 5.87. The van der Waals surface area contributed by atoms with E-state index in [1.165, 1.54) is 25.7 Å². The second kappa shape index (κ2) is 18.3. The lowest BCUT2D eigenvalue weighted by molar-refractivity contribution is -0.502. The summed E-state index contributed by atoms with van der Waals surface area (Å²) in [6, 6.07) is 0. The van der Waals surface area contributed by atoms with Crippen LogP contribution in [-0.4, -0.2) is 46.7 Å². The smallest absolute Gasteiger partial charge is 0.393 e. The first-order valence-electron chi connectivity index (χ1n) is 15.6. The van der Waals surface area contributed by atoms with E-state index >= 15 is 0 Å². The number of hydrogen-bond acceptors (Lipinski definition) is 9. The Morgan fingerprint density at radius 3 is 2.17 bits per heavy atom. The summed E-state index contributed by atoms with van der Waals surface area (Å²) in [5.74, 6) is 0.0656. The maximum absolute atomic E-state index is 13.6. The lowest BCUT2D eigenvalue weighted by atomic mass is 9.67. The molecule has 0 aromatic heterocycles. The molecule has 4 unspecified atom stereocenters. The maximum Gasteiger partial charge on any atom is 0.393 e. The van der Waals surface area contributed by atoms with Gasteiger partial charge in [0.1, 0.15) is 11.7 Å². The van der Waals surface area contributed by atoms with Crippen molar-refractivity contribution in [3.05, 3.63) is 0 Å². The summed E-state index contributed by atoms with van der Waals surface area (Å²) in [5.41, 5.74) is -2.92. The van der Waals surface area contributed by atoms with Crippen LogP contribution in [-0.2, 0) is 38.7 Å². The zero-order valence-corrected chi connectivity index (χ0v) is 27.3. The molecule has 9 heteroatoms. The van der Waals surface area contributed by atoms with E-state index in [0.29, 0.717) is 38.5 Å². The van der Waals surface area contributed by atoms with Gasteiger partial charge in [-0.1, -0.05) is 80.1 Å². The highest BCUT2D eigenvalue weighted by Crippen LogP contribution is 2.44. The molecule has 0 aliphatic carbocycles. The van der Waals surface area contributed by atoms with Crippen molar-refractivity contribution in [3.8, 4) is 0 Å². The van der Waals surface area contributed by atoms with Gasteiger partial charge in [-0.3, -0.25) is 4.79 Å². The van der Waals surface area contributed by atoms with Crippen LogP contribution in [0, 0.1) is 11.3 Å². The number of thioether (sulfide) groups is 1. The van der Waals surface area contributed by atoms with Gasteiger partial charge in [-0.25, -0.2) is 29.1 Å². The van der Waals surface area contributed by atoms with E-state index in [1.54, 1.807) is 11.8 Å². The molecular formula is C31H56O8S. The van der Waals surface area contributed by atoms with Gasteiger partial charge in [0, 0.05) is 5.75 Å². The molecule has 0 N–H and O–H groups in total. The Bertz CT molecular complexity index is 768. The maximum atomic E-state index is 13.6. The Labute approximate surface area is 247 Å². The van der Waals surface area contributed by atoms with E-state index in [9.17, 15) is 14.4 Å². The lowest BCUT2D eigenvalue weighted by Gasteiger charge is -2.43. The third-order valence-corrected chi connectivity index (χ3v) is 9.26. The highest BCUT2D eigenvalue weighted by Gasteiger charge is 2.58. The minimum atomic E-state index is -1.26. The van der Waals surface area contributed by atoms with Gasteiger partial charge in [0.15, 0.2) is 0 Å². The Morgan fingerprint density at radius 1 is 0.925 bits per heavy atom. The molecule has 8 nitrogen and oxygen atoms in total. The molecule has 4 atom stereocenters. The van der Waals surface area contributed by atoms with E-state index in [0.717, 1.165) is 30.8 Å². The van der Waals surface area contributed by atoms with Crippen LogP contribution in [0.15, 0.2) is 0 Å². The zero-order valence-electron chi connectivity index (χ0n) is 26.4. The summed E-state index contributed by atoms with van der Waals surface area (Å²) in [7, 11) is 0. The topological polar surface area (TPSA) is 97.4 Å². The van der Waals surface area contributed by atoms with Crippen LogP contribution in [0.25, 0.3) is 0 Å². The summed E-state index contributed by atoms with van der Waals surface area (Å²) in [6.45, 7) is 15.8. The van der Waals surface area contributed by atoms with Crippen molar-refractivity contribution in [2.24, 2.45) is 11.3 Å². The van der Waals surface area contributed by atoms with Crippen molar-refractivity contribution in [2.75, 3.05) is 11.5 Å². The molecule has 0 saturated carbocycles. The molecule has 0 aromatic rings. The number of carbonyl (C=O) groups excluding carboxylic acids is 3. The molecule has 1 rings (SSSR count). The molecule has 0 amide bonds. The first-order chi connectivity index (χ1) is 19.0. The van der Waals surface area contributed by atoms with Gasteiger partial charge in [0.25, 0.3) is 0 Å². The number of unbranched alkanes of at least 4 members (excludes halogenated alkanes) is 4. The number of hydrogen-bond donors (Lipinski definition) is 0. The second-order valence-electron chi connectivity index (χ2n) is 11.8. The summed E-state index contributed by atoms with van der Waals surface area (Å²) >= 11 is 1.79. The minimum absolute atomic E-state index is 0.192. The summed E-state index contributed by atoms with van der Waals surface area (Å²) in [5, 5.41) is 0. The third-order valence-electron chi connectivity index (χ3n) is 8.19. The van der Waals surface area contributed by atoms with E-state index in [2.05, 4.69) is 13.8 Å². The quantitative estimate of drug-likeness (QED) is 0.0573. The largest absolute Gasteiger partial charge is 0.460 e. The van der Waals surface area contributed by atoms with Crippen LogP contribution < -0.4 is 0 Å². The van der Waals surface area contributed by atoms with E-state index in [1.807, 2.05) is 41.5 Å². The van der Waals surface area contributed by atoms with Crippen molar-refractivity contribution in [2.45, 2.75) is 156 Å². The average molecular weight is 589 g/mol. The van der Waals surface area contributed by atoms with Gasteiger partial charge in [-0.2, -0.15) is 11.8 Å². The lowest BCUT2D eigenvalue weighted by Crippen LogP contribution is -2.62. The predicted molar refractivity (Wildman–Crippen MR) is 158 cm³/mol. The number of carbonyl (C=O) groups is 3. The van der Waals surface area contributed by atoms with Crippen LogP contribution in [0.5, 0.6) is 0 Å². The van der Waals surface area contributed by atoms with Gasteiger partial charge in [0.05, 0.1) is 11.8 Å². The minimum Gasteiger partial charge on any atom is -0.460 e. The summed E-state index contributed by atoms with van der Waals surface area (Å²) in [4.78, 5) is 59.8. The molecule has 1 saturated heterocycles. The Balaban J connectivity index is 2.80. The molecule has 1 fully saturated rings. The normalized spacial score (nSPS) is 21.1. The van der Waals surface area contributed by atoms with E-state index in [4.69, 9.17) is 24.3 Å². The molecule has 40 heavy (non-hydrogen) atoms. The fraction of sp³-hybridized carbons (Fsp3) is 0.903. The number of ether oxygens (including phenoxy) is 1. The Hall–Kier alpha value is -1.32. The van der Waals surface area contributed by atoms with E-state index < -0.39 is 34.7 Å². The number of rotatable bonds is 21. The summed E-state index contributed by atoms with van der Waals surface area (Å²) in [6.07, 6.45) is 9.87. The molecule has 0 spiro atoms. The van der Waals surface area contributed by atoms with Crippen molar-refractivity contribution < 1.29 is 38.7 Å². The monoisotopic (exact) mass is 588 g/mol. The molecule has 1 heterocycles. The average Bonchev–Trinajstić information content (AvgIpc) is 2.90. The molecule has 0 radical (unpaired) electrons. The van der Waals surface area contributed by atoms with Crippen molar-refractivity contribution >= 4 is 29.7 Å². The van der Waals surface area contributed by atoms with Crippen LogP contribution in [0.3, 0.4) is 0 Å². The Kier molecular flexibility index (Phi) is 16.8. The molecule has 234 valence electrons. The second-order valence-corrected chi connectivity index (χ2v) is 13.0. The number of esters is 1. The highest BCUT2D eigenvalue weighted by atomic mass is 32.2. The van der Waals surface area contributed by atoms with Gasteiger partial charge < -0.3 is 4.74 Å². The fourth-order valence-corrected chi connectivity index (χ4v) is 6.46. The van der Waals surface area contributed by atoms with Crippen molar-refractivity contribution in [1.82, 2.24) is 0 Å². The fourth-order valence-electron chi connectivity index (χ4n) is 5.53. The van der Waals surface area contributed by atoms with Crippen molar-refractivity contribution in [3.63, 3.8) is 0 Å². The molecule has 1 aliphatic heterocycles. The third kappa shape index (κ3) is 10.5.